The first-order valence-corrected chi connectivity index (χ1v) is 9.68. The lowest BCUT2D eigenvalue weighted by Gasteiger charge is -2.33. The van der Waals surface area contributed by atoms with E-state index in [0.717, 1.165) is 43.2 Å². The number of amides is 2. The van der Waals surface area contributed by atoms with Crippen molar-refractivity contribution in [1.29, 1.82) is 0 Å². The van der Waals surface area contributed by atoms with Gasteiger partial charge in [0.2, 0.25) is 0 Å². The van der Waals surface area contributed by atoms with E-state index in [0.29, 0.717) is 5.92 Å². The molecule has 0 bridgehead atoms. The van der Waals surface area contributed by atoms with E-state index < -0.39 is 18.1 Å². The number of hydrogen-bond acceptors (Lipinski definition) is 4. The molecule has 0 atom stereocenters. The molecule has 1 fully saturated rings. The third kappa shape index (κ3) is 6.28. The van der Waals surface area contributed by atoms with Gasteiger partial charge in [-0.3, -0.25) is 0 Å². The second-order valence-corrected chi connectivity index (χ2v) is 7.13. The number of benzene rings is 2. The van der Waals surface area contributed by atoms with Gasteiger partial charge >= 0.3 is 12.4 Å². The summed E-state index contributed by atoms with van der Waals surface area (Å²) in [7, 11) is 0. The maximum Gasteiger partial charge on any atom is 0.573 e. The van der Waals surface area contributed by atoms with Gasteiger partial charge in [-0.05, 0) is 48.6 Å². The molecule has 6 nitrogen and oxygen atoms in total. The number of urea groups is 1. The number of nitrogens with one attached hydrogen (secondary N) is 2. The van der Waals surface area contributed by atoms with Crippen LogP contribution in [0.25, 0.3) is 0 Å². The number of rotatable bonds is 6. The van der Waals surface area contributed by atoms with Crippen LogP contribution in [0.15, 0.2) is 48.5 Å². The van der Waals surface area contributed by atoms with E-state index in [4.69, 9.17) is 0 Å². The van der Waals surface area contributed by atoms with Gasteiger partial charge in [-0.1, -0.05) is 24.3 Å². The van der Waals surface area contributed by atoms with Crippen LogP contribution in [0.1, 0.15) is 18.4 Å². The molecule has 30 heavy (non-hydrogen) atoms. The Morgan fingerprint density at radius 2 is 1.77 bits per heavy atom. The highest BCUT2D eigenvalue weighted by molar-refractivity contribution is 5.90. The van der Waals surface area contributed by atoms with Gasteiger partial charge in [-0.25, -0.2) is 4.79 Å². The summed E-state index contributed by atoms with van der Waals surface area (Å²) in [6.45, 7) is 2.24. The summed E-state index contributed by atoms with van der Waals surface area (Å²) < 4.78 is 41.3. The van der Waals surface area contributed by atoms with Crippen molar-refractivity contribution in [3.63, 3.8) is 0 Å². The molecule has 0 aromatic heterocycles. The first-order valence-electron chi connectivity index (χ1n) is 9.68. The predicted octanol–water partition coefficient (Wildman–Crippen LogP) is 4.12. The molecule has 2 aromatic carbocycles. The number of carbonyl (C=O) groups excluding carboxylic acids is 1. The number of alkyl halides is 3. The number of ether oxygens (including phenoxy) is 1. The summed E-state index contributed by atoms with van der Waals surface area (Å²) >= 11 is 0. The Bertz CT molecular complexity index is 835. The van der Waals surface area contributed by atoms with Crippen molar-refractivity contribution in [3.05, 3.63) is 54.1 Å². The molecule has 9 heteroatoms. The van der Waals surface area contributed by atoms with Crippen LogP contribution in [0.5, 0.6) is 5.75 Å². The van der Waals surface area contributed by atoms with Crippen LogP contribution in [0.2, 0.25) is 0 Å². The van der Waals surface area contributed by atoms with Crippen LogP contribution in [0.3, 0.4) is 0 Å². The van der Waals surface area contributed by atoms with Crippen LogP contribution in [-0.2, 0) is 6.54 Å². The third-order valence-electron chi connectivity index (χ3n) is 4.99. The van der Waals surface area contributed by atoms with Gasteiger partial charge in [0.1, 0.15) is 0 Å². The minimum absolute atomic E-state index is 0.0750. The zero-order chi connectivity index (χ0) is 21.6. The smallest absolute Gasteiger partial charge is 0.404 e. The average molecular weight is 423 g/mol. The number of nitrogens with zero attached hydrogens (tertiary/aromatic N) is 1. The van der Waals surface area contributed by atoms with E-state index in [1.54, 1.807) is 0 Å². The summed E-state index contributed by atoms with van der Waals surface area (Å²) in [6, 6.07) is 12.5. The topological polar surface area (TPSA) is 73.8 Å². The molecule has 1 heterocycles. The lowest BCUT2D eigenvalue weighted by molar-refractivity contribution is -0.274. The van der Waals surface area contributed by atoms with Crippen molar-refractivity contribution < 1.29 is 27.8 Å². The van der Waals surface area contributed by atoms with Crippen LogP contribution in [-0.4, -0.2) is 37.2 Å². The fraction of sp³-hybridized carbons (Fsp3) is 0.381. The molecule has 0 aliphatic carbocycles. The summed E-state index contributed by atoms with van der Waals surface area (Å²) in [5.41, 5.74) is 1.87. The van der Waals surface area contributed by atoms with Gasteiger partial charge in [-0.2, -0.15) is 0 Å². The normalized spacial score (nSPS) is 15.0. The number of para-hydroxylation sites is 2. The minimum Gasteiger partial charge on any atom is -0.404 e. The molecule has 2 amide bonds. The summed E-state index contributed by atoms with van der Waals surface area (Å²) in [6.07, 6.45) is -2.93. The number of anilines is 2. The summed E-state index contributed by atoms with van der Waals surface area (Å²) in [5.74, 6) is -0.107. The number of carbonyl (C=O) groups is 1. The van der Waals surface area contributed by atoms with Gasteiger partial charge in [0, 0.05) is 31.9 Å². The Kier molecular flexibility index (Phi) is 7.04. The van der Waals surface area contributed by atoms with Crippen LogP contribution in [0.4, 0.5) is 29.3 Å². The van der Waals surface area contributed by atoms with Crippen molar-refractivity contribution in [3.8, 4) is 5.75 Å². The molecule has 1 saturated heterocycles. The molecule has 162 valence electrons. The fourth-order valence-electron chi connectivity index (χ4n) is 3.33. The minimum atomic E-state index is -4.84. The van der Waals surface area contributed by atoms with Crippen molar-refractivity contribution in [2.45, 2.75) is 25.7 Å². The molecule has 1 aliphatic heterocycles. The highest BCUT2D eigenvalue weighted by Crippen LogP contribution is 2.30. The number of aliphatic hydroxyl groups is 1. The predicted molar refractivity (Wildman–Crippen MR) is 107 cm³/mol. The number of hydrogen-bond donors (Lipinski definition) is 3. The van der Waals surface area contributed by atoms with E-state index in [1.807, 2.05) is 24.3 Å². The molecule has 0 spiro atoms. The number of halogens is 3. The SMILES string of the molecule is O=C(NCc1ccc(N2CCC(CO)CC2)cc1)Nc1ccccc1OC(F)(F)F. The maximum atomic E-state index is 12.5. The monoisotopic (exact) mass is 423 g/mol. The maximum absolute atomic E-state index is 12.5. The van der Waals surface area contributed by atoms with Crippen LogP contribution < -0.4 is 20.3 Å². The number of piperidine rings is 1. The zero-order valence-electron chi connectivity index (χ0n) is 16.3. The van der Waals surface area contributed by atoms with Crippen molar-refractivity contribution >= 4 is 17.4 Å². The molecule has 0 unspecified atom stereocenters. The first kappa shape index (κ1) is 21.8. The van der Waals surface area contributed by atoms with E-state index in [1.165, 1.54) is 18.2 Å². The highest BCUT2D eigenvalue weighted by atomic mass is 19.4. The van der Waals surface area contributed by atoms with Crippen molar-refractivity contribution in [1.82, 2.24) is 5.32 Å². The second-order valence-electron chi connectivity index (χ2n) is 7.13. The van der Waals surface area contributed by atoms with Gasteiger partial charge in [0.15, 0.2) is 5.75 Å². The average Bonchev–Trinajstić information content (AvgIpc) is 2.73. The molecule has 1 aliphatic rings. The Hall–Kier alpha value is -2.94. The lowest BCUT2D eigenvalue weighted by Crippen LogP contribution is -2.34. The fourth-order valence-corrected chi connectivity index (χ4v) is 3.33. The van der Waals surface area contributed by atoms with E-state index in [9.17, 15) is 23.1 Å². The highest BCUT2D eigenvalue weighted by Gasteiger charge is 2.32. The van der Waals surface area contributed by atoms with Gasteiger partial charge in [0.25, 0.3) is 0 Å². The lowest BCUT2D eigenvalue weighted by atomic mass is 9.97. The molecule has 3 N–H and O–H groups in total. The largest absolute Gasteiger partial charge is 0.573 e. The third-order valence-corrected chi connectivity index (χ3v) is 4.99. The first-order chi connectivity index (χ1) is 14.3. The molecule has 3 rings (SSSR count). The Labute approximate surface area is 172 Å². The Balaban J connectivity index is 1.51. The molecule has 0 radical (unpaired) electrons. The van der Waals surface area contributed by atoms with E-state index in [-0.39, 0.29) is 18.8 Å². The molecule has 0 saturated carbocycles. The quantitative estimate of drug-likeness (QED) is 0.654. The van der Waals surface area contributed by atoms with Crippen LogP contribution in [0, 0.1) is 5.92 Å². The molecular weight excluding hydrogens is 399 g/mol. The van der Waals surface area contributed by atoms with Gasteiger partial charge in [-0.15, -0.1) is 13.2 Å². The van der Waals surface area contributed by atoms with Crippen molar-refractivity contribution in [2.24, 2.45) is 5.92 Å². The van der Waals surface area contributed by atoms with Gasteiger partial charge in [0.05, 0.1) is 5.69 Å². The van der Waals surface area contributed by atoms with E-state index in [2.05, 4.69) is 20.3 Å². The van der Waals surface area contributed by atoms with Crippen LogP contribution >= 0.6 is 0 Å². The summed E-state index contributed by atoms with van der Waals surface area (Å²) in [5, 5.41) is 14.2. The number of aliphatic hydroxyl groups excluding tert-OH is 1. The van der Waals surface area contributed by atoms with E-state index >= 15 is 0 Å². The Morgan fingerprint density at radius 3 is 2.40 bits per heavy atom. The second kappa shape index (κ2) is 9.71. The molecule has 2 aromatic rings. The zero-order valence-corrected chi connectivity index (χ0v) is 16.3. The Morgan fingerprint density at radius 1 is 1.10 bits per heavy atom. The molecular formula is C21H24F3N3O3. The van der Waals surface area contributed by atoms with Crippen molar-refractivity contribution in [2.75, 3.05) is 29.9 Å². The standard InChI is InChI=1S/C21H24F3N3O3/c22-21(23,24)30-19-4-2-1-3-18(19)26-20(29)25-13-15-5-7-17(8-6-15)27-11-9-16(14-28)10-12-27/h1-8,16,28H,9-14H2,(H2,25,26,29). The van der Waals surface area contributed by atoms with Gasteiger partial charge < -0.3 is 25.4 Å². The summed E-state index contributed by atoms with van der Waals surface area (Å²) in [4.78, 5) is 14.3.